The molecule has 1 saturated heterocycles. The molecule has 0 aliphatic carbocycles. The summed E-state index contributed by atoms with van der Waals surface area (Å²) in [4.78, 5) is 32.7. The van der Waals surface area contributed by atoms with Gasteiger partial charge in [0.05, 0.1) is 5.52 Å². The van der Waals surface area contributed by atoms with Crippen LogP contribution in [0.2, 0.25) is 0 Å². The maximum absolute atomic E-state index is 12.6. The Morgan fingerprint density at radius 2 is 2.39 bits per heavy atom. The predicted octanol–water partition coefficient (Wildman–Crippen LogP) is 2.19. The molecule has 2 aromatic heterocycles. The molecule has 1 aromatic carbocycles. The molecule has 1 unspecified atom stereocenters. The van der Waals surface area contributed by atoms with E-state index in [4.69, 9.17) is 4.42 Å². The molecule has 1 aliphatic heterocycles. The molecule has 0 spiro atoms. The van der Waals surface area contributed by atoms with Gasteiger partial charge in [-0.1, -0.05) is 0 Å². The van der Waals surface area contributed by atoms with Crippen LogP contribution in [0.5, 0.6) is 0 Å². The lowest BCUT2D eigenvalue weighted by Crippen LogP contribution is -2.39. The highest BCUT2D eigenvalue weighted by molar-refractivity contribution is 7.13. The third-order valence-electron chi connectivity index (χ3n) is 3.91. The zero-order valence-corrected chi connectivity index (χ0v) is 12.9. The molecular weight excluding hydrogens is 316 g/mol. The zero-order valence-electron chi connectivity index (χ0n) is 12.1. The summed E-state index contributed by atoms with van der Waals surface area (Å²) in [6, 6.07) is 4.86. The molecule has 1 fully saturated rings. The minimum atomic E-state index is -0.505. The summed E-state index contributed by atoms with van der Waals surface area (Å²) in [5.41, 5.74) is 1.67. The molecule has 1 aliphatic rings. The number of H-pyrrole nitrogens is 1. The average molecular weight is 330 g/mol. The summed E-state index contributed by atoms with van der Waals surface area (Å²) in [6.45, 7) is 0.833. The Hall–Kier alpha value is -2.61. The van der Waals surface area contributed by atoms with E-state index >= 15 is 0 Å². The summed E-state index contributed by atoms with van der Waals surface area (Å²) in [6.07, 6.45) is 3.51. The van der Waals surface area contributed by atoms with E-state index in [1.165, 1.54) is 11.3 Å². The molecule has 3 heterocycles. The first-order valence-electron chi connectivity index (χ1n) is 7.30. The van der Waals surface area contributed by atoms with Crippen LogP contribution < -0.4 is 16.0 Å². The predicted molar refractivity (Wildman–Crippen MR) is 87.9 cm³/mol. The molecule has 2 N–H and O–H groups in total. The number of nitrogens with zero attached hydrogens (tertiary/aromatic N) is 2. The number of carbonyl (C=O) groups is 1. The number of nitrogens with one attached hydrogen (secondary N) is 2. The van der Waals surface area contributed by atoms with E-state index in [0.29, 0.717) is 16.8 Å². The van der Waals surface area contributed by atoms with Crippen molar-refractivity contribution in [2.24, 2.45) is 0 Å². The quantitative estimate of drug-likeness (QED) is 0.768. The van der Waals surface area contributed by atoms with Gasteiger partial charge in [0.2, 0.25) is 5.91 Å². The van der Waals surface area contributed by atoms with Crippen LogP contribution in [-0.2, 0) is 4.79 Å². The summed E-state index contributed by atoms with van der Waals surface area (Å²) < 4.78 is 4.95. The first kappa shape index (κ1) is 14.0. The lowest BCUT2D eigenvalue weighted by Gasteiger charge is -2.23. The number of thiazole rings is 1. The van der Waals surface area contributed by atoms with Gasteiger partial charge in [-0.05, 0) is 31.0 Å². The fourth-order valence-corrected chi connectivity index (χ4v) is 3.60. The van der Waals surface area contributed by atoms with Crippen molar-refractivity contribution < 1.29 is 9.21 Å². The maximum atomic E-state index is 12.6. The Labute approximate surface area is 134 Å². The van der Waals surface area contributed by atoms with Crippen molar-refractivity contribution in [3.63, 3.8) is 0 Å². The van der Waals surface area contributed by atoms with Crippen molar-refractivity contribution in [1.29, 1.82) is 0 Å². The summed E-state index contributed by atoms with van der Waals surface area (Å²) in [5, 5.41) is 5.69. The van der Waals surface area contributed by atoms with Crippen LogP contribution in [0.25, 0.3) is 11.1 Å². The molecule has 1 amide bonds. The lowest BCUT2D eigenvalue weighted by atomic mass is 10.2. The summed E-state index contributed by atoms with van der Waals surface area (Å²) in [5.74, 6) is -0.572. The van der Waals surface area contributed by atoms with Crippen LogP contribution in [0.3, 0.4) is 0 Å². The van der Waals surface area contributed by atoms with E-state index in [2.05, 4.69) is 15.3 Å². The minimum Gasteiger partial charge on any atom is -0.408 e. The smallest absolute Gasteiger partial charge is 0.408 e. The molecule has 118 valence electrons. The third-order valence-corrected chi connectivity index (χ3v) is 4.72. The van der Waals surface area contributed by atoms with Crippen molar-refractivity contribution in [1.82, 2.24) is 9.97 Å². The second kappa shape index (κ2) is 5.54. The monoisotopic (exact) mass is 330 g/mol. The maximum Gasteiger partial charge on any atom is 0.417 e. The van der Waals surface area contributed by atoms with Crippen molar-refractivity contribution in [2.75, 3.05) is 16.8 Å². The number of aromatic amines is 1. The highest BCUT2D eigenvalue weighted by Crippen LogP contribution is 2.28. The molecule has 23 heavy (non-hydrogen) atoms. The number of hydrogen-bond acceptors (Lipinski definition) is 6. The Bertz CT molecular complexity index is 899. The van der Waals surface area contributed by atoms with Crippen LogP contribution in [0, 0.1) is 0 Å². The van der Waals surface area contributed by atoms with Crippen molar-refractivity contribution in [3.05, 3.63) is 40.3 Å². The topological polar surface area (TPSA) is 91.2 Å². The van der Waals surface area contributed by atoms with Crippen molar-refractivity contribution >= 4 is 39.2 Å². The lowest BCUT2D eigenvalue weighted by molar-refractivity contribution is -0.117. The third kappa shape index (κ3) is 2.61. The summed E-state index contributed by atoms with van der Waals surface area (Å²) >= 11 is 1.53. The number of aromatic nitrogens is 2. The van der Waals surface area contributed by atoms with Gasteiger partial charge in [-0.3, -0.25) is 9.78 Å². The Morgan fingerprint density at radius 1 is 1.48 bits per heavy atom. The number of carbonyl (C=O) groups excluding carboxylic acids is 1. The van der Waals surface area contributed by atoms with Crippen molar-refractivity contribution in [2.45, 2.75) is 18.9 Å². The van der Waals surface area contributed by atoms with Gasteiger partial charge in [0.15, 0.2) is 10.7 Å². The SMILES string of the molecule is O=C(Nc1ccc2oc(=O)[nH]c2c1)C1CCCN1c1nccs1. The van der Waals surface area contributed by atoms with Gasteiger partial charge in [0.1, 0.15) is 6.04 Å². The second-order valence-electron chi connectivity index (χ2n) is 5.38. The Kier molecular flexibility index (Phi) is 3.38. The summed E-state index contributed by atoms with van der Waals surface area (Å²) in [7, 11) is 0. The number of fused-ring (bicyclic) bond motifs is 1. The normalized spacial score (nSPS) is 17.7. The average Bonchev–Trinajstić information content (AvgIpc) is 3.25. The van der Waals surface area contributed by atoms with Crippen LogP contribution in [0.4, 0.5) is 10.8 Å². The number of oxazole rings is 1. The number of amides is 1. The number of anilines is 2. The second-order valence-corrected chi connectivity index (χ2v) is 6.25. The largest absolute Gasteiger partial charge is 0.417 e. The van der Waals surface area contributed by atoms with Gasteiger partial charge in [-0.2, -0.15) is 0 Å². The molecule has 0 bridgehead atoms. The number of benzene rings is 1. The fraction of sp³-hybridized carbons (Fsp3) is 0.267. The fourth-order valence-electron chi connectivity index (χ4n) is 2.88. The molecule has 0 radical (unpaired) electrons. The first-order chi connectivity index (χ1) is 11.2. The van der Waals surface area contributed by atoms with Gasteiger partial charge in [0.25, 0.3) is 0 Å². The standard InChI is InChI=1S/C15H14N4O3S/c20-13(11-2-1-6-19(11)14-16-5-7-23-14)17-9-3-4-12-10(8-9)18-15(21)22-12/h3-5,7-8,11H,1-2,6H2,(H,17,20)(H,18,21). The highest BCUT2D eigenvalue weighted by atomic mass is 32.1. The highest BCUT2D eigenvalue weighted by Gasteiger charge is 2.32. The number of rotatable bonds is 3. The van der Waals surface area contributed by atoms with Gasteiger partial charge in [-0.25, -0.2) is 9.78 Å². The zero-order chi connectivity index (χ0) is 15.8. The van der Waals surface area contributed by atoms with Crippen LogP contribution in [0.1, 0.15) is 12.8 Å². The molecule has 8 heteroatoms. The van der Waals surface area contributed by atoms with Gasteiger partial charge >= 0.3 is 5.76 Å². The minimum absolute atomic E-state index is 0.0668. The van der Waals surface area contributed by atoms with E-state index < -0.39 is 5.76 Å². The van der Waals surface area contributed by atoms with Gasteiger partial charge in [0, 0.05) is 23.8 Å². The Balaban J connectivity index is 1.55. The molecule has 0 saturated carbocycles. The molecular formula is C15H14N4O3S. The first-order valence-corrected chi connectivity index (χ1v) is 8.18. The number of hydrogen-bond donors (Lipinski definition) is 2. The van der Waals surface area contributed by atoms with Crippen molar-refractivity contribution in [3.8, 4) is 0 Å². The van der Waals surface area contributed by atoms with Crippen LogP contribution in [0.15, 0.2) is 39.0 Å². The van der Waals surface area contributed by atoms with E-state index in [-0.39, 0.29) is 11.9 Å². The molecule has 7 nitrogen and oxygen atoms in total. The van der Waals surface area contributed by atoms with E-state index in [9.17, 15) is 9.59 Å². The molecule has 3 aromatic rings. The van der Waals surface area contributed by atoms with Crippen LogP contribution >= 0.6 is 11.3 Å². The molecule has 1 atom stereocenters. The molecule has 4 rings (SSSR count). The van der Waals surface area contributed by atoms with Crippen LogP contribution in [-0.4, -0.2) is 28.5 Å². The van der Waals surface area contributed by atoms with E-state index in [0.717, 1.165) is 24.5 Å². The van der Waals surface area contributed by atoms with Gasteiger partial charge in [-0.15, -0.1) is 11.3 Å². The van der Waals surface area contributed by atoms with E-state index in [1.807, 2.05) is 10.3 Å². The Morgan fingerprint density at radius 3 is 3.22 bits per heavy atom. The van der Waals surface area contributed by atoms with Gasteiger partial charge < -0.3 is 14.6 Å². The van der Waals surface area contributed by atoms with E-state index in [1.54, 1.807) is 24.4 Å².